The van der Waals surface area contributed by atoms with Crippen LogP contribution in [0.15, 0.2) is 24.3 Å². The second kappa shape index (κ2) is 11.0. The lowest BCUT2D eigenvalue weighted by Crippen LogP contribution is -2.43. The van der Waals surface area contributed by atoms with Gasteiger partial charge in [0.25, 0.3) is 0 Å². The number of fused-ring (bicyclic) bond motifs is 4. The van der Waals surface area contributed by atoms with Gasteiger partial charge in [0.2, 0.25) is 0 Å². The van der Waals surface area contributed by atoms with Crippen molar-refractivity contribution >= 4 is 27.5 Å². The fourth-order valence-electron chi connectivity index (χ4n) is 7.89. The highest BCUT2D eigenvalue weighted by atomic mass is 19.1. The van der Waals surface area contributed by atoms with Gasteiger partial charge in [-0.05, 0) is 49.4 Å². The Morgan fingerprint density at radius 2 is 1.98 bits per heavy atom. The molecule has 1 N–H and O–H groups in total. The van der Waals surface area contributed by atoms with E-state index >= 15 is 8.78 Å². The molecular formula is C34H31F4N5O3. The molecule has 0 spiro atoms. The maximum atomic E-state index is 17.0. The summed E-state index contributed by atoms with van der Waals surface area (Å²) in [5.41, 5.74) is -1.29. The molecule has 0 aliphatic carbocycles. The molecular weight excluding hydrogens is 602 g/mol. The van der Waals surface area contributed by atoms with Crippen molar-refractivity contribution in [3.63, 3.8) is 0 Å². The first-order chi connectivity index (χ1) is 22.3. The van der Waals surface area contributed by atoms with Crippen LogP contribution in [0.1, 0.15) is 49.5 Å². The molecule has 3 fully saturated rings. The van der Waals surface area contributed by atoms with E-state index in [0.717, 1.165) is 19.4 Å². The summed E-state index contributed by atoms with van der Waals surface area (Å²) in [5.74, 6) is 0.750. The van der Waals surface area contributed by atoms with Crippen molar-refractivity contribution in [2.75, 3.05) is 44.4 Å². The number of rotatable bonds is 4. The fraction of sp³-hybridized carbons (Fsp3) is 0.441. The quantitative estimate of drug-likeness (QED) is 0.224. The van der Waals surface area contributed by atoms with Crippen LogP contribution in [0.2, 0.25) is 0 Å². The molecule has 0 amide bonds. The van der Waals surface area contributed by atoms with Crippen molar-refractivity contribution in [1.82, 2.24) is 19.9 Å². The van der Waals surface area contributed by atoms with Crippen molar-refractivity contribution in [3.05, 3.63) is 47.2 Å². The number of ether oxygens (including phenoxy) is 2. The Labute approximate surface area is 262 Å². The average molecular weight is 634 g/mol. The molecule has 8 rings (SSSR count). The van der Waals surface area contributed by atoms with Crippen LogP contribution in [0.25, 0.3) is 32.9 Å². The van der Waals surface area contributed by atoms with Crippen LogP contribution < -0.4 is 9.64 Å². The van der Waals surface area contributed by atoms with E-state index < -0.39 is 35.6 Å². The number of terminal acetylenes is 1. The van der Waals surface area contributed by atoms with E-state index in [0.29, 0.717) is 37.9 Å². The molecule has 2 aromatic heterocycles. The SMILES string of the molecule is C#Cc1c(F)ccc2cc(O)cc(-c3nc4c5c(nc(OC[C@@]67CCCN6C[C@H](F)C7)nc5c3F)N3CCCOCC3C[C@H]4F)c12. The van der Waals surface area contributed by atoms with Gasteiger partial charge in [-0.1, -0.05) is 12.0 Å². The van der Waals surface area contributed by atoms with Gasteiger partial charge in [0.1, 0.15) is 47.5 Å². The van der Waals surface area contributed by atoms with Crippen molar-refractivity contribution in [2.45, 2.75) is 56.0 Å². The zero-order valence-electron chi connectivity index (χ0n) is 24.9. The van der Waals surface area contributed by atoms with E-state index in [1.54, 1.807) is 0 Å². The molecule has 0 saturated carbocycles. The second-order valence-electron chi connectivity index (χ2n) is 12.7. The largest absolute Gasteiger partial charge is 0.508 e. The van der Waals surface area contributed by atoms with Crippen molar-refractivity contribution in [2.24, 2.45) is 0 Å². The summed E-state index contributed by atoms with van der Waals surface area (Å²) < 4.78 is 74.7. The lowest BCUT2D eigenvalue weighted by molar-refractivity contribution is 0.107. The van der Waals surface area contributed by atoms with Crippen LogP contribution >= 0.6 is 0 Å². The Kier molecular flexibility index (Phi) is 6.95. The van der Waals surface area contributed by atoms with Gasteiger partial charge in [-0.3, -0.25) is 4.90 Å². The predicted molar refractivity (Wildman–Crippen MR) is 163 cm³/mol. The standard InChI is InChI=1S/C34H31F4N5O3/c1-2-22-24(36)6-5-18-11-21(44)13-23(26(18)22)29-28(38)31-27-30(39-29)25(37)12-20-16-45-10-4-9-43(20)32(27)41-33(40-31)46-17-34-7-3-8-42(34)15-19(35)14-34/h1,5-6,11,13,19-20,25,44H,3-4,7-10,12,14-17H2/t19-,20?,25-,34+/m1/s1. The molecule has 4 atom stereocenters. The summed E-state index contributed by atoms with van der Waals surface area (Å²) in [6, 6.07) is 4.67. The van der Waals surface area contributed by atoms with Crippen LogP contribution in [0, 0.1) is 24.0 Å². The number of alkyl halides is 2. The maximum absolute atomic E-state index is 17.0. The van der Waals surface area contributed by atoms with Gasteiger partial charge in [0, 0.05) is 43.5 Å². The molecule has 4 aliphatic rings. The van der Waals surface area contributed by atoms with Gasteiger partial charge in [-0.2, -0.15) is 9.97 Å². The highest BCUT2D eigenvalue weighted by molar-refractivity contribution is 6.03. The van der Waals surface area contributed by atoms with Gasteiger partial charge < -0.3 is 19.5 Å². The molecule has 0 bridgehead atoms. The molecule has 238 valence electrons. The summed E-state index contributed by atoms with van der Waals surface area (Å²) in [5, 5.41) is 11.2. The Bertz CT molecular complexity index is 1940. The van der Waals surface area contributed by atoms with E-state index in [1.807, 2.05) is 4.90 Å². The van der Waals surface area contributed by atoms with Crippen LogP contribution in [0.5, 0.6) is 11.8 Å². The minimum absolute atomic E-state index is 0.000698. The Hall–Kier alpha value is -4.21. The number of halogens is 4. The van der Waals surface area contributed by atoms with Crippen LogP contribution in [0.4, 0.5) is 23.4 Å². The number of aromatic nitrogens is 3. The second-order valence-corrected chi connectivity index (χ2v) is 12.7. The Morgan fingerprint density at radius 1 is 1.11 bits per heavy atom. The predicted octanol–water partition coefficient (Wildman–Crippen LogP) is 5.77. The fourth-order valence-corrected chi connectivity index (χ4v) is 7.89. The number of nitrogens with zero attached hydrogens (tertiary/aromatic N) is 5. The normalized spacial score (nSPS) is 26.1. The molecule has 46 heavy (non-hydrogen) atoms. The summed E-state index contributed by atoms with van der Waals surface area (Å²) in [4.78, 5) is 17.7. The van der Waals surface area contributed by atoms with Gasteiger partial charge in [-0.25, -0.2) is 22.5 Å². The minimum atomic E-state index is -1.65. The number of aromatic hydroxyl groups is 1. The van der Waals surface area contributed by atoms with Crippen molar-refractivity contribution < 1.29 is 32.1 Å². The highest BCUT2D eigenvalue weighted by Crippen LogP contribution is 2.46. The molecule has 12 heteroatoms. The van der Waals surface area contributed by atoms with Crippen LogP contribution in [-0.2, 0) is 4.74 Å². The van der Waals surface area contributed by atoms with Crippen LogP contribution in [0.3, 0.4) is 0 Å². The van der Waals surface area contributed by atoms with Crippen LogP contribution in [-0.4, -0.2) is 82.2 Å². The van der Waals surface area contributed by atoms with Gasteiger partial charge in [0.05, 0.1) is 34.8 Å². The van der Waals surface area contributed by atoms with Gasteiger partial charge in [0.15, 0.2) is 5.82 Å². The third-order valence-electron chi connectivity index (χ3n) is 9.94. The minimum Gasteiger partial charge on any atom is -0.508 e. The smallest absolute Gasteiger partial charge is 0.319 e. The molecule has 4 aliphatic heterocycles. The molecule has 0 radical (unpaired) electrons. The molecule has 4 aromatic rings. The van der Waals surface area contributed by atoms with Gasteiger partial charge >= 0.3 is 6.01 Å². The summed E-state index contributed by atoms with van der Waals surface area (Å²) in [7, 11) is 0. The Balaban J connectivity index is 1.35. The average Bonchev–Trinajstić information content (AvgIpc) is 3.42. The third kappa shape index (κ3) is 4.54. The number of hydrogen-bond donors (Lipinski definition) is 1. The number of hydrogen-bond acceptors (Lipinski definition) is 8. The van der Waals surface area contributed by atoms with E-state index in [9.17, 15) is 13.9 Å². The number of pyridine rings is 1. The zero-order chi connectivity index (χ0) is 31.7. The lowest BCUT2D eigenvalue weighted by Gasteiger charge is -2.31. The van der Waals surface area contributed by atoms with Crippen molar-refractivity contribution in [1.29, 1.82) is 0 Å². The number of phenolic OH excluding ortho intramolecular Hbond substituents is 1. The molecule has 6 heterocycles. The molecule has 8 nitrogen and oxygen atoms in total. The number of benzene rings is 2. The first-order valence-electron chi connectivity index (χ1n) is 15.6. The van der Waals surface area contributed by atoms with E-state index in [-0.39, 0.29) is 76.0 Å². The number of anilines is 1. The number of phenols is 1. The monoisotopic (exact) mass is 633 g/mol. The van der Waals surface area contributed by atoms with Crippen molar-refractivity contribution in [3.8, 4) is 35.4 Å². The van der Waals surface area contributed by atoms with Gasteiger partial charge in [-0.15, -0.1) is 6.42 Å². The third-order valence-corrected chi connectivity index (χ3v) is 9.94. The maximum Gasteiger partial charge on any atom is 0.319 e. The topological polar surface area (TPSA) is 83.8 Å². The summed E-state index contributed by atoms with van der Waals surface area (Å²) >= 11 is 0. The molecule has 1 unspecified atom stereocenters. The first-order valence-corrected chi connectivity index (χ1v) is 15.6. The Morgan fingerprint density at radius 3 is 2.83 bits per heavy atom. The lowest BCUT2D eigenvalue weighted by atomic mass is 9.95. The summed E-state index contributed by atoms with van der Waals surface area (Å²) in [6.45, 7) is 2.43. The van der Waals surface area contributed by atoms with E-state index in [4.69, 9.17) is 20.9 Å². The molecule has 3 saturated heterocycles. The molecule has 2 aromatic carbocycles. The first kappa shape index (κ1) is 29.2. The summed E-state index contributed by atoms with van der Waals surface area (Å²) in [6.07, 6.45) is 5.71. The zero-order valence-corrected chi connectivity index (χ0v) is 24.9. The van der Waals surface area contributed by atoms with E-state index in [2.05, 4.69) is 20.8 Å². The highest BCUT2D eigenvalue weighted by Gasteiger charge is 2.49. The van der Waals surface area contributed by atoms with E-state index in [1.165, 1.54) is 24.3 Å².